The van der Waals surface area contributed by atoms with Crippen molar-refractivity contribution >= 4 is 17.9 Å². The molecule has 1 aliphatic rings. The van der Waals surface area contributed by atoms with E-state index in [0.717, 1.165) is 6.42 Å². The van der Waals surface area contributed by atoms with Gasteiger partial charge < -0.3 is 20.5 Å². The second kappa shape index (κ2) is 8.71. The average Bonchev–Trinajstić information content (AvgIpc) is 2.93. The van der Waals surface area contributed by atoms with Gasteiger partial charge in [-0.15, -0.1) is 0 Å². The molecule has 0 spiro atoms. The molecule has 0 radical (unpaired) electrons. The van der Waals surface area contributed by atoms with E-state index in [4.69, 9.17) is 9.84 Å². The van der Waals surface area contributed by atoms with Gasteiger partial charge in [-0.25, -0.2) is 4.79 Å². The van der Waals surface area contributed by atoms with Gasteiger partial charge in [0.1, 0.15) is 11.6 Å². The number of aliphatic hydroxyl groups is 1. The van der Waals surface area contributed by atoms with Gasteiger partial charge in [0.25, 0.3) is 0 Å². The highest BCUT2D eigenvalue weighted by Crippen LogP contribution is 2.20. The summed E-state index contributed by atoms with van der Waals surface area (Å²) in [5, 5.41) is 13.7. The van der Waals surface area contributed by atoms with Crippen LogP contribution in [-0.2, 0) is 14.3 Å². The third-order valence-corrected chi connectivity index (χ3v) is 3.26. The Morgan fingerprint density at radius 2 is 1.96 bits per heavy atom. The Bertz CT molecular complexity index is 433. The summed E-state index contributed by atoms with van der Waals surface area (Å²) in [6.07, 6.45) is 1.23. The van der Waals surface area contributed by atoms with Crippen LogP contribution in [0, 0.1) is 0 Å². The smallest absolute Gasteiger partial charge is 0.410 e. The highest BCUT2D eigenvalue weighted by molar-refractivity contribution is 5.89. The van der Waals surface area contributed by atoms with Crippen LogP contribution in [0.3, 0.4) is 0 Å². The topological polar surface area (TPSA) is 108 Å². The largest absolute Gasteiger partial charge is 0.444 e. The Morgan fingerprint density at radius 1 is 1.26 bits per heavy atom. The Balaban J connectivity index is 2.45. The van der Waals surface area contributed by atoms with E-state index >= 15 is 0 Å². The third-order valence-electron chi connectivity index (χ3n) is 3.26. The molecule has 3 N–H and O–H groups in total. The zero-order valence-electron chi connectivity index (χ0n) is 14.1. The van der Waals surface area contributed by atoms with E-state index in [2.05, 4.69) is 10.6 Å². The molecular weight excluding hydrogens is 302 g/mol. The first-order chi connectivity index (χ1) is 10.7. The summed E-state index contributed by atoms with van der Waals surface area (Å²) in [4.78, 5) is 37.2. The quantitative estimate of drug-likeness (QED) is 0.595. The minimum Gasteiger partial charge on any atom is -0.444 e. The molecule has 1 saturated heterocycles. The lowest BCUT2D eigenvalue weighted by atomic mass is 10.2. The molecule has 132 valence electrons. The third kappa shape index (κ3) is 6.85. The maximum absolute atomic E-state index is 12.2. The molecular formula is C15H27N3O5. The Morgan fingerprint density at radius 3 is 2.57 bits per heavy atom. The summed E-state index contributed by atoms with van der Waals surface area (Å²) in [5.74, 6) is -0.681. The predicted octanol–water partition coefficient (Wildman–Crippen LogP) is 0.000700. The van der Waals surface area contributed by atoms with Crippen molar-refractivity contribution in [3.05, 3.63) is 0 Å². The maximum Gasteiger partial charge on any atom is 0.410 e. The predicted molar refractivity (Wildman–Crippen MR) is 83.7 cm³/mol. The van der Waals surface area contributed by atoms with Gasteiger partial charge in [0.15, 0.2) is 0 Å². The number of carbonyl (C=O) groups excluding carboxylic acids is 3. The number of hydrogen-bond acceptors (Lipinski definition) is 5. The summed E-state index contributed by atoms with van der Waals surface area (Å²) in [6.45, 7) is 5.99. The average molecular weight is 329 g/mol. The van der Waals surface area contributed by atoms with Gasteiger partial charge in [-0.2, -0.15) is 0 Å². The molecule has 0 unspecified atom stereocenters. The SMILES string of the molecule is CC(C)(C)OC(=O)N1CCC[C@H]1C(=O)NCC(=O)NCCCO. The molecule has 0 bridgehead atoms. The van der Waals surface area contributed by atoms with E-state index in [1.165, 1.54) is 4.90 Å². The minimum atomic E-state index is -0.618. The van der Waals surface area contributed by atoms with Crippen LogP contribution in [0.4, 0.5) is 4.79 Å². The summed E-state index contributed by atoms with van der Waals surface area (Å²) in [5.41, 5.74) is -0.618. The van der Waals surface area contributed by atoms with Gasteiger partial charge in [-0.3, -0.25) is 14.5 Å². The fourth-order valence-corrected chi connectivity index (χ4v) is 2.23. The highest BCUT2D eigenvalue weighted by atomic mass is 16.6. The van der Waals surface area contributed by atoms with Crippen LogP contribution in [0.15, 0.2) is 0 Å². The molecule has 1 heterocycles. The van der Waals surface area contributed by atoms with Crippen LogP contribution >= 0.6 is 0 Å². The lowest BCUT2D eigenvalue weighted by molar-refractivity contribution is -0.128. The van der Waals surface area contributed by atoms with Crippen molar-refractivity contribution < 1.29 is 24.2 Å². The van der Waals surface area contributed by atoms with E-state index in [1.807, 2.05) is 0 Å². The second-order valence-corrected chi connectivity index (χ2v) is 6.48. The molecule has 8 nitrogen and oxygen atoms in total. The lowest BCUT2D eigenvalue weighted by Gasteiger charge is -2.28. The van der Waals surface area contributed by atoms with Crippen molar-refractivity contribution in [3.63, 3.8) is 0 Å². The first kappa shape index (κ1) is 19.2. The van der Waals surface area contributed by atoms with Crippen molar-refractivity contribution in [1.82, 2.24) is 15.5 Å². The van der Waals surface area contributed by atoms with E-state index in [-0.39, 0.29) is 25.0 Å². The molecule has 1 aliphatic heterocycles. The van der Waals surface area contributed by atoms with Crippen LogP contribution in [0.2, 0.25) is 0 Å². The molecule has 0 aliphatic carbocycles. The van der Waals surface area contributed by atoms with Crippen molar-refractivity contribution in [3.8, 4) is 0 Å². The second-order valence-electron chi connectivity index (χ2n) is 6.48. The summed E-state index contributed by atoms with van der Waals surface area (Å²) in [6, 6.07) is -0.602. The van der Waals surface area contributed by atoms with Gasteiger partial charge in [0.2, 0.25) is 11.8 Å². The number of nitrogens with zero attached hydrogens (tertiary/aromatic N) is 1. The maximum atomic E-state index is 12.2. The van der Waals surface area contributed by atoms with Gasteiger partial charge in [-0.1, -0.05) is 0 Å². The van der Waals surface area contributed by atoms with Gasteiger partial charge in [0, 0.05) is 19.7 Å². The van der Waals surface area contributed by atoms with Crippen LogP contribution < -0.4 is 10.6 Å². The van der Waals surface area contributed by atoms with E-state index in [0.29, 0.717) is 25.9 Å². The van der Waals surface area contributed by atoms with Crippen molar-refractivity contribution in [2.75, 3.05) is 26.2 Å². The van der Waals surface area contributed by atoms with Crippen molar-refractivity contribution in [2.24, 2.45) is 0 Å². The lowest BCUT2D eigenvalue weighted by Crippen LogP contribution is -2.49. The number of carbonyl (C=O) groups is 3. The number of nitrogens with one attached hydrogen (secondary N) is 2. The Hall–Kier alpha value is -1.83. The Labute approximate surface area is 136 Å². The number of rotatable bonds is 6. The molecule has 8 heteroatoms. The van der Waals surface area contributed by atoms with Gasteiger partial charge in [0.05, 0.1) is 6.54 Å². The standard InChI is InChI=1S/C15H27N3O5/c1-15(2,3)23-14(22)18-8-4-6-11(18)13(21)17-10-12(20)16-7-5-9-19/h11,19H,4-10H2,1-3H3,(H,16,20)(H,17,21)/t11-/m0/s1. The van der Waals surface area contributed by atoms with E-state index in [1.54, 1.807) is 20.8 Å². The molecule has 1 fully saturated rings. The molecule has 0 aromatic heterocycles. The van der Waals surface area contributed by atoms with Crippen LogP contribution in [0.5, 0.6) is 0 Å². The molecule has 0 aromatic rings. The fourth-order valence-electron chi connectivity index (χ4n) is 2.23. The van der Waals surface area contributed by atoms with Crippen molar-refractivity contribution in [1.29, 1.82) is 0 Å². The molecule has 1 atom stereocenters. The zero-order chi connectivity index (χ0) is 17.5. The Kier molecular flexibility index (Phi) is 7.28. The number of likely N-dealkylation sites (tertiary alicyclic amines) is 1. The van der Waals surface area contributed by atoms with Gasteiger partial charge >= 0.3 is 6.09 Å². The number of ether oxygens (including phenoxy) is 1. The number of aliphatic hydroxyl groups excluding tert-OH is 1. The fraction of sp³-hybridized carbons (Fsp3) is 0.800. The molecule has 1 rings (SSSR count). The van der Waals surface area contributed by atoms with Crippen LogP contribution in [0.25, 0.3) is 0 Å². The molecule has 3 amide bonds. The van der Waals surface area contributed by atoms with Crippen molar-refractivity contribution in [2.45, 2.75) is 51.7 Å². The monoisotopic (exact) mass is 329 g/mol. The summed E-state index contributed by atoms with van der Waals surface area (Å²) in [7, 11) is 0. The van der Waals surface area contributed by atoms with E-state index in [9.17, 15) is 14.4 Å². The first-order valence-corrected chi connectivity index (χ1v) is 7.89. The van der Waals surface area contributed by atoms with Crippen LogP contribution in [-0.4, -0.2) is 65.8 Å². The first-order valence-electron chi connectivity index (χ1n) is 7.89. The summed E-state index contributed by atoms with van der Waals surface area (Å²) >= 11 is 0. The summed E-state index contributed by atoms with van der Waals surface area (Å²) < 4.78 is 5.30. The highest BCUT2D eigenvalue weighted by Gasteiger charge is 2.36. The number of amides is 3. The number of hydrogen-bond donors (Lipinski definition) is 3. The normalized spacial score (nSPS) is 17.7. The van der Waals surface area contributed by atoms with Gasteiger partial charge in [-0.05, 0) is 40.0 Å². The molecule has 0 saturated carbocycles. The molecule has 23 heavy (non-hydrogen) atoms. The minimum absolute atomic E-state index is 0.000435. The van der Waals surface area contributed by atoms with Crippen LogP contribution in [0.1, 0.15) is 40.0 Å². The zero-order valence-corrected chi connectivity index (χ0v) is 14.1. The molecule has 0 aromatic carbocycles. The van der Waals surface area contributed by atoms with E-state index < -0.39 is 17.7 Å².